The maximum absolute atomic E-state index is 10.9. The number of nitrogens with two attached hydrogens (primary N) is 1. The molecule has 0 amide bonds. The van der Waals surface area contributed by atoms with Crippen LogP contribution in [0, 0.1) is 24.0 Å². The number of aryl methyl sites for hydroxylation is 2. The third kappa shape index (κ3) is 4.16. The van der Waals surface area contributed by atoms with E-state index in [1.807, 2.05) is 22.7 Å². The summed E-state index contributed by atoms with van der Waals surface area (Å²) in [7, 11) is 0. The molecule has 0 saturated carbocycles. The van der Waals surface area contributed by atoms with Gasteiger partial charge in [-0.25, -0.2) is 15.0 Å². The lowest BCUT2D eigenvalue weighted by molar-refractivity contribution is -0.384. The van der Waals surface area contributed by atoms with Crippen molar-refractivity contribution in [2.75, 3.05) is 17.6 Å². The monoisotopic (exact) mass is 417 g/mol. The Balaban J connectivity index is 1.50. The fourth-order valence-corrected chi connectivity index (χ4v) is 3.49. The second-order valence-electron chi connectivity index (χ2n) is 7.36. The van der Waals surface area contributed by atoms with E-state index >= 15 is 0 Å². The maximum Gasteiger partial charge on any atom is 0.311 e. The van der Waals surface area contributed by atoms with Crippen LogP contribution in [0.5, 0.6) is 0 Å². The molecule has 0 radical (unpaired) electrons. The van der Waals surface area contributed by atoms with Gasteiger partial charge in [-0.2, -0.15) is 0 Å². The van der Waals surface area contributed by atoms with E-state index < -0.39 is 4.92 Å². The molecule has 9 nitrogen and oxygen atoms in total. The van der Waals surface area contributed by atoms with Crippen LogP contribution in [0.1, 0.15) is 23.2 Å². The standard InChI is InChI=1S/C22H23N7O2/c1-14-5-3-7-17(15(14)2)18-13-20-24-11-12-28(20)22(27-18)25-10-4-6-16-8-9-19(29(30)31)21(23)26-16/h3,5,7-9,11-13H,4,6,10H2,1-2H3,(H2,23,26)(H,25,27). The van der Waals surface area contributed by atoms with Gasteiger partial charge in [0.2, 0.25) is 11.8 Å². The molecule has 0 saturated heterocycles. The smallest absolute Gasteiger partial charge is 0.311 e. The number of benzene rings is 1. The Morgan fingerprint density at radius 3 is 2.81 bits per heavy atom. The van der Waals surface area contributed by atoms with E-state index in [2.05, 4.69) is 41.3 Å². The number of pyridine rings is 1. The summed E-state index contributed by atoms with van der Waals surface area (Å²) in [5.74, 6) is 0.653. The molecule has 3 aromatic heterocycles. The number of rotatable bonds is 7. The van der Waals surface area contributed by atoms with E-state index in [0.29, 0.717) is 18.9 Å². The number of nitrogens with zero attached hydrogens (tertiary/aromatic N) is 5. The molecular weight excluding hydrogens is 394 g/mol. The van der Waals surface area contributed by atoms with Gasteiger partial charge in [0, 0.05) is 42.3 Å². The fraction of sp³-hybridized carbons (Fsp3) is 0.227. The van der Waals surface area contributed by atoms with Gasteiger partial charge >= 0.3 is 5.69 Å². The Bertz CT molecular complexity index is 1270. The first-order chi connectivity index (χ1) is 14.9. The van der Waals surface area contributed by atoms with Crippen molar-refractivity contribution in [2.24, 2.45) is 0 Å². The van der Waals surface area contributed by atoms with Gasteiger partial charge < -0.3 is 11.1 Å². The summed E-state index contributed by atoms with van der Waals surface area (Å²) < 4.78 is 1.91. The minimum atomic E-state index is -0.529. The molecule has 158 valence electrons. The highest BCUT2D eigenvalue weighted by atomic mass is 16.6. The number of imidazole rings is 1. The zero-order valence-electron chi connectivity index (χ0n) is 17.4. The van der Waals surface area contributed by atoms with E-state index in [1.54, 1.807) is 12.3 Å². The predicted molar refractivity (Wildman–Crippen MR) is 120 cm³/mol. The summed E-state index contributed by atoms with van der Waals surface area (Å²) in [5.41, 5.74) is 11.4. The van der Waals surface area contributed by atoms with Gasteiger partial charge in [0.15, 0.2) is 0 Å². The van der Waals surface area contributed by atoms with Gasteiger partial charge in [-0.15, -0.1) is 0 Å². The van der Waals surface area contributed by atoms with Gasteiger partial charge in [-0.1, -0.05) is 18.2 Å². The van der Waals surface area contributed by atoms with Crippen molar-refractivity contribution >= 4 is 23.1 Å². The van der Waals surface area contributed by atoms with Crippen LogP contribution in [0.15, 0.2) is 48.8 Å². The third-order valence-corrected chi connectivity index (χ3v) is 5.32. The van der Waals surface area contributed by atoms with E-state index in [-0.39, 0.29) is 11.5 Å². The minimum Gasteiger partial charge on any atom is -0.378 e. The Kier molecular flexibility index (Phi) is 5.48. The molecule has 0 spiro atoms. The number of nitrogen functional groups attached to an aromatic ring is 1. The SMILES string of the molecule is Cc1cccc(-c2cc3nccn3c(NCCCc3ccc([N+](=O)[O-])c(N)n3)n2)c1C. The van der Waals surface area contributed by atoms with E-state index in [0.717, 1.165) is 29.0 Å². The average Bonchev–Trinajstić information content (AvgIpc) is 3.21. The summed E-state index contributed by atoms with van der Waals surface area (Å²) in [6, 6.07) is 11.2. The lowest BCUT2D eigenvalue weighted by atomic mass is 10.0. The average molecular weight is 417 g/mol. The van der Waals surface area contributed by atoms with Crippen molar-refractivity contribution in [1.82, 2.24) is 19.4 Å². The van der Waals surface area contributed by atoms with E-state index in [1.165, 1.54) is 17.2 Å². The van der Waals surface area contributed by atoms with Gasteiger partial charge in [0.1, 0.15) is 5.65 Å². The van der Waals surface area contributed by atoms with Crippen molar-refractivity contribution in [3.63, 3.8) is 0 Å². The molecule has 4 aromatic rings. The van der Waals surface area contributed by atoms with Gasteiger partial charge in [0.25, 0.3) is 0 Å². The van der Waals surface area contributed by atoms with Crippen molar-refractivity contribution in [3.8, 4) is 11.3 Å². The number of anilines is 2. The molecule has 0 atom stereocenters. The van der Waals surface area contributed by atoms with Crippen LogP contribution in [-0.4, -0.2) is 30.8 Å². The summed E-state index contributed by atoms with van der Waals surface area (Å²) in [6.45, 7) is 4.83. The lowest BCUT2D eigenvalue weighted by Gasteiger charge is -2.13. The molecule has 0 unspecified atom stereocenters. The van der Waals surface area contributed by atoms with E-state index in [4.69, 9.17) is 10.7 Å². The summed E-state index contributed by atoms with van der Waals surface area (Å²) >= 11 is 0. The zero-order chi connectivity index (χ0) is 22.0. The first kappa shape index (κ1) is 20.3. The Labute approximate surface area is 179 Å². The van der Waals surface area contributed by atoms with Crippen molar-refractivity contribution < 1.29 is 4.92 Å². The van der Waals surface area contributed by atoms with Crippen LogP contribution < -0.4 is 11.1 Å². The summed E-state index contributed by atoms with van der Waals surface area (Å²) in [5, 5.41) is 14.2. The molecule has 0 bridgehead atoms. The minimum absolute atomic E-state index is 0.0570. The maximum atomic E-state index is 10.9. The molecule has 0 aliphatic heterocycles. The van der Waals surface area contributed by atoms with Crippen molar-refractivity contribution in [2.45, 2.75) is 26.7 Å². The molecule has 4 rings (SSSR count). The number of aromatic nitrogens is 4. The quantitative estimate of drug-likeness (QED) is 0.265. The Morgan fingerprint density at radius 2 is 2.03 bits per heavy atom. The Morgan fingerprint density at radius 1 is 1.19 bits per heavy atom. The zero-order valence-corrected chi connectivity index (χ0v) is 17.4. The van der Waals surface area contributed by atoms with Crippen LogP contribution in [0.4, 0.5) is 17.5 Å². The largest absolute Gasteiger partial charge is 0.378 e. The normalized spacial score (nSPS) is 11.0. The number of nitrogens with one attached hydrogen (secondary N) is 1. The molecular formula is C22H23N7O2. The molecule has 1 aromatic carbocycles. The topological polar surface area (TPSA) is 124 Å². The number of fused-ring (bicyclic) bond motifs is 1. The molecule has 0 aliphatic carbocycles. The first-order valence-corrected chi connectivity index (χ1v) is 9.98. The Hall–Kier alpha value is -4.01. The molecule has 3 heterocycles. The molecule has 3 N–H and O–H groups in total. The predicted octanol–water partition coefficient (Wildman–Crippen LogP) is 3.94. The summed E-state index contributed by atoms with van der Waals surface area (Å²) in [4.78, 5) is 23.7. The van der Waals surface area contributed by atoms with Crippen LogP contribution in [0.3, 0.4) is 0 Å². The lowest BCUT2D eigenvalue weighted by Crippen LogP contribution is -2.10. The highest BCUT2D eigenvalue weighted by Gasteiger charge is 2.13. The number of hydrogen-bond acceptors (Lipinski definition) is 7. The summed E-state index contributed by atoms with van der Waals surface area (Å²) in [6.07, 6.45) is 5.02. The molecule has 9 heteroatoms. The van der Waals surface area contributed by atoms with E-state index in [9.17, 15) is 10.1 Å². The van der Waals surface area contributed by atoms with Crippen LogP contribution in [0.2, 0.25) is 0 Å². The highest BCUT2D eigenvalue weighted by molar-refractivity contribution is 5.69. The second-order valence-corrected chi connectivity index (χ2v) is 7.36. The van der Waals surface area contributed by atoms with Crippen LogP contribution in [0.25, 0.3) is 16.9 Å². The van der Waals surface area contributed by atoms with Crippen LogP contribution >= 0.6 is 0 Å². The van der Waals surface area contributed by atoms with Crippen LogP contribution in [-0.2, 0) is 6.42 Å². The highest BCUT2D eigenvalue weighted by Crippen LogP contribution is 2.26. The molecule has 0 fully saturated rings. The van der Waals surface area contributed by atoms with Gasteiger partial charge in [-0.05, 0) is 43.9 Å². The number of hydrogen-bond donors (Lipinski definition) is 2. The third-order valence-electron chi connectivity index (χ3n) is 5.32. The van der Waals surface area contributed by atoms with Gasteiger partial charge in [0.05, 0.1) is 10.6 Å². The second kappa shape index (κ2) is 8.39. The fourth-order valence-electron chi connectivity index (χ4n) is 3.49. The van der Waals surface area contributed by atoms with Gasteiger partial charge in [-0.3, -0.25) is 14.5 Å². The number of nitro groups is 1. The molecule has 0 aliphatic rings. The van der Waals surface area contributed by atoms with Crippen molar-refractivity contribution in [1.29, 1.82) is 0 Å². The molecule has 31 heavy (non-hydrogen) atoms. The first-order valence-electron chi connectivity index (χ1n) is 9.98. The van der Waals surface area contributed by atoms with Crippen molar-refractivity contribution in [3.05, 3.63) is 75.7 Å².